The van der Waals surface area contributed by atoms with E-state index in [-0.39, 0.29) is 17.9 Å². The normalized spacial score (nSPS) is 24.4. The number of nitrogens with zero attached hydrogens (tertiary/aromatic N) is 3. The number of hydrogen-bond donors (Lipinski definition) is 1. The molecule has 4 rings (SSSR count). The van der Waals surface area contributed by atoms with Crippen LogP contribution in [0.4, 0.5) is 0 Å². The number of aromatic nitrogens is 1. The van der Waals surface area contributed by atoms with Crippen LogP contribution in [0.25, 0.3) is 0 Å². The molecule has 1 aromatic heterocycles. The van der Waals surface area contributed by atoms with Crippen LogP contribution in [-0.4, -0.2) is 64.3 Å². The molecule has 2 fully saturated rings. The summed E-state index contributed by atoms with van der Waals surface area (Å²) in [5.41, 5.74) is 1.64. The molecule has 2 aromatic rings. The lowest BCUT2D eigenvalue weighted by atomic mass is 10.00. The van der Waals surface area contributed by atoms with Crippen molar-refractivity contribution in [1.29, 1.82) is 0 Å². The number of rotatable bonds is 4. The summed E-state index contributed by atoms with van der Waals surface area (Å²) in [5, 5.41) is 14.4. The van der Waals surface area contributed by atoms with Crippen LogP contribution in [0.5, 0.6) is 0 Å². The van der Waals surface area contributed by atoms with Gasteiger partial charge < -0.3 is 14.5 Å². The predicted molar refractivity (Wildman–Crippen MR) is 101 cm³/mol. The highest BCUT2D eigenvalue weighted by Gasteiger charge is 2.37. The number of hydrogen-bond acceptors (Lipinski definition) is 5. The van der Waals surface area contributed by atoms with Crippen molar-refractivity contribution < 1.29 is 14.4 Å². The third-order valence-electron chi connectivity index (χ3n) is 5.86. The molecule has 144 valence electrons. The molecule has 2 aliphatic heterocycles. The number of carbonyl (C=O) groups is 1. The molecule has 2 aliphatic rings. The Bertz CT molecular complexity index is 768. The number of benzene rings is 1. The zero-order valence-electron chi connectivity index (χ0n) is 15.8. The van der Waals surface area contributed by atoms with Crippen molar-refractivity contribution in [3.63, 3.8) is 0 Å². The van der Waals surface area contributed by atoms with Crippen LogP contribution in [-0.2, 0) is 6.42 Å². The molecule has 2 atom stereocenters. The molecule has 0 radical (unpaired) electrons. The second-order valence-corrected chi connectivity index (χ2v) is 7.81. The molecule has 27 heavy (non-hydrogen) atoms. The molecule has 6 nitrogen and oxygen atoms in total. The molecule has 1 N–H and O–H groups in total. The van der Waals surface area contributed by atoms with Gasteiger partial charge in [0, 0.05) is 56.2 Å². The molecule has 0 saturated carbocycles. The Labute approximate surface area is 159 Å². The van der Waals surface area contributed by atoms with E-state index in [2.05, 4.69) is 10.1 Å². The molecule has 0 aliphatic carbocycles. The summed E-state index contributed by atoms with van der Waals surface area (Å²) in [6.07, 6.45) is 2.31. The Hall–Kier alpha value is -2.18. The van der Waals surface area contributed by atoms with Crippen molar-refractivity contribution >= 4 is 5.91 Å². The third-order valence-corrected chi connectivity index (χ3v) is 5.86. The van der Waals surface area contributed by atoms with E-state index in [0.717, 1.165) is 55.9 Å². The smallest absolute Gasteiger partial charge is 0.253 e. The fourth-order valence-corrected chi connectivity index (χ4v) is 4.35. The van der Waals surface area contributed by atoms with Crippen molar-refractivity contribution in [1.82, 2.24) is 15.0 Å². The van der Waals surface area contributed by atoms with Crippen molar-refractivity contribution in [2.24, 2.45) is 5.92 Å². The van der Waals surface area contributed by atoms with Gasteiger partial charge in [-0.1, -0.05) is 23.4 Å². The maximum atomic E-state index is 12.6. The van der Waals surface area contributed by atoms with Gasteiger partial charge in [0.2, 0.25) is 0 Å². The summed E-state index contributed by atoms with van der Waals surface area (Å²) in [7, 11) is 0. The highest BCUT2D eigenvalue weighted by atomic mass is 16.5. The molecule has 2 saturated heterocycles. The van der Waals surface area contributed by atoms with Gasteiger partial charge in [0.25, 0.3) is 5.91 Å². The van der Waals surface area contributed by atoms with Crippen molar-refractivity contribution in [3.8, 4) is 0 Å². The fraction of sp³-hybridized carbons (Fsp3) is 0.524. The van der Waals surface area contributed by atoms with Crippen molar-refractivity contribution in [2.75, 3.05) is 26.2 Å². The average molecular weight is 369 g/mol. The number of aliphatic hydroxyl groups excluding tert-OH is 1. The first kappa shape index (κ1) is 18.2. The second-order valence-electron chi connectivity index (χ2n) is 7.81. The number of piperidine rings is 1. The molecule has 1 amide bonds. The van der Waals surface area contributed by atoms with Gasteiger partial charge in [0.15, 0.2) is 0 Å². The monoisotopic (exact) mass is 369 g/mol. The largest absolute Gasteiger partial charge is 0.391 e. The minimum atomic E-state index is -0.334. The minimum Gasteiger partial charge on any atom is -0.391 e. The molecule has 0 bridgehead atoms. The minimum absolute atomic E-state index is 0.120. The molecule has 0 unspecified atom stereocenters. The van der Waals surface area contributed by atoms with Crippen LogP contribution in [0, 0.1) is 12.8 Å². The first-order chi connectivity index (χ1) is 13.1. The van der Waals surface area contributed by atoms with Gasteiger partial charge in [-0.2, -0.15) is 0 Å². The number of amides is 1. The van der Waals surface area contributed by atoms with Gasteiger partial charge in [-0.05, 0) is 31.9 Å². The van der Waals surface area contributed by atoms with E-state index in [1.807, 2.05) is 48.2 Å². The van der Waals surface area contributed by atoms with Crippen LogP contribution >= 0.6 is 0 Å². The Morgan fingerprint density at radius 2 is 1.96 bits per heavy atom. The Morgan fingerprint density at radius 1 is 1.22 bits per heavy atom. The Kier molecular flexibility index (Phi) is 5.27. The summed E-state index contributed by atoms with van der Waals surface area (Å²) in [6.45, 7) is 5.04. The van der Waals surface area contributed by atoms with Gasteiger partial charge in [-0.3, -0.25) is 9.69 Å². The number of carbonyl (C=O) groups excluding carboxylic acids is 1. The van der Waals surface area contributed by atoms with E-state index in [9.17, 15) is 9.90 Å². The lowest BCUT2D eigenvalue weighted by Gasteiger charge is -2.36. The zero-order valence-corrected chi connectivity index (χ0v) is 15.8. The van der Waals surface area contributed by atoms with Gasteiger partial charge in [-0.25, -0.2) is 0 Å². The number of β-amino-alcohol motifs (C(OH)–C–C–N with tert-alkyl or cyclic N) is 1. The second kappa shape index (κ2) is 7.82. The third kappa shape index (κ3) is 4.06. The van der Waals surface area contributed by atoms with Gasteiger partial charge in [0.1, 0.15) is 5.76 Å². The summed E-state index contributed by atoms with van der Waals surface area (Å²) in [6, 6.07) is 11.9. The number of aryl methyl sites for hydroxylation is 1. The van der Waals surface area contributed by atoms with E-state index in [0.29, 0.717) is 12.6 Å². The molecular weight excluding hydrogens is 342 g/mol. The summed E-state index contributed by atoms with van der Waals surface area (Å²) >= 11 is 0. The van der Waals surface area contributed by atoms with Crippen LogP contribution in [0.15, 0.2) is 40.9 Å². The molecule has 3 heterocycles. The van der Waals surface area contributed by atoms with Gasteiger partial charge in [0.05, 0.1) is 11.8 Å². The maximum Gasteiger partial charge on any atom is 0.253 e. The standard InChI is InChI=1S/C21H27N3O3/c1-15-11-19(27-22-15)12-17-13-24(14-20(17)25)18-7-9-23(10-8-18)21(26)16-5-3-2-4-6-16/h2-6,11,17-18,20,25H,7-10,12-14H2,1H3/t17-,20-/m1/s1. The lowest BCUT2D eigenvalue weighted by Crippen LogP contribution is -2.46. The first-order valence-electron chi connectivity index (χ1n) is 9.79. The summed E-state index contributed by atoms with van der Waals surface area (Å²) < 4.78 is 5.31. The zero-order chi connectivity index (χ0) is 18.8. The average Bonchev–Trinajstić information content (AvgIpc) is 3.28. The number of aliphatic hydroxyl groups is 1. The predicted octanol–water partition coefficient (Wildman–Crippen LogP) is 2.12. The first-order valence-corrected chi connectivity index (χ1v) is 9.79. The molecule has 1 aromatic carbocycles. The van der Waals surface area contributed by atoms with Crippen LogP contribution in [0.1, 0.15) is 34.7 Å². The van der Waals surface area contributed by atoms with E-state index in [1.165, 1.54) is 0 Å². The van der Waals surface area contributed by atoms with E-state index < -0.39 is 0 Å². The van der Waals surface area contributed by atoms with Crippen LogP contribution in [0.3, 0.4) is 0 Å². The van der Waals surface area contributed by atoms with Gasteiger partial charge in [-0.15, -0.1) is 0 Å². The Morgan fingerprint density at radius 3 is 2.63 bits per heavy atom. The van der Waals surface area contributed by atoms with E-state index in [4.69, 9.17) is 4.52 Å². The topological polar surface area (TPSA) is 69.8 Å². The molecule has 0 spiro atoms. The maximum absolute atomic E-state index is 12.6. The summed E-state index contributed by atoms with van der Waals surface area (Å²) in [5.74, 6) is 1.15. The van der Waals surface area contributed by atoms with Crippen molar-refractivity contribution in [3.05, 3.63) is 53.4 Å². The summed E-state index contributed by atoms with van der Waals surface area (Å²) in [4.78, 5) is 16.9. The molecular formula is C21H27N3O3. The van der Waals surface area contributed by atoms with E-state index >= 15 is 0 Å². The fourth-order valence-electron chi connectivity index (χ4n) is 4.35. The van der Waals surface area contributed by atoms with Crippen molar-refractivity contribution in [2.45, 2.75) is 38.3 Å². The quantitative estimate of drug-likeness (QED) is 0.894. The highest BCUT2D eigenvalue weighted by molar-refractivity contribution is 5.94. The number of likely N-dealkylation sites (tertiary alicyclic amines) is 2. The van der Waals surface area contributed by atoms with E-state index in [1.54, 1.807) is 0 Å². The van der Waals surface area contributed by atoms with Crippen LogP contribution < -0.4 is 0 Å². The lowest BCUT2D eigenvalue weighted by molar-refractivity contribution is 0.0627. The Balaban J connectivity index is 1.30. The SMILES string of the molecule is Cc1cc(C[C@@H]2CN(C3CCN(C(=O)c4ccccc4)CC3)C[C@H]2O)on1. The highest BCUT2D eigenvalue weighted by Crippen LogP contribution is 2.27. The van der Waals surface area contributed by atoms with Gasteiger partial charge >= 0.3 is 0 Å². The van der Waals surface area contributed by atoms with Crippen LogP contribution in [0.2, 0.25) is 0 Å². The molecule has 6 heteroatoms.